The van der Waals surface area contributed by atoms with E-state index in [1.165, 1.54) is 0 Å². The molecule has 0 aliphatic carbocycles. The standard InChI is InChI=1S/C20H29N5O3/c1-14(23-19(26)28-20(2,3)4)8-7-9-15-12-21-18-16(24-15)13-22-25(18)17-10-5-6-11-27-17/h7,9,12-14,17H,5-6,8,10-11H2,1-4H3,(H,23,26)/b9-7+/t14-,17?/m0/s1. The Morgan fingerprint density at radius 1 is 1.43 bits per heavy atom. The van der Waals surface area contributed by atoms with Crippen molar-refractivity contribution in [2.24, 2.45) is 0 Å². The summed E-state index contributed by atoms with van der Waals surface area (Å²) in [5, 5.41) is 7.23. The number of hydrogen-bond acceptors (Lipinski definition) is 6. The fraction of sp³-hybridized carbons (Fsp3) is 0.600. The van der Waals surface area contributed by atoms with E-state index in [0.717, 1.165) is 42.7 Å². The molecule has 1 saturated heterocycles. The average Bonchev–Trinajstić information content (AvgIpc) is 3.04. The number of nitrogens with zero attached hydrogens (tertiary/aromatic N) is 4. The van der Waals surface area contributed by atoms with Gasteiger partial charge in [0.1, 0.15) is 11.1 Å². The van der Waals surface area contributed by atoms with Crippen molar-refractivity contribution >= 4 is 23.3 Å². The summed E-state index contributed by atoms with van der Waals surface area (Å²) in [5.74, 6) is 0. The second-order valence-electron chi connectivity index (χ2n) is 8.10. The van der Waals surface area contributed by atoms with E-state index in [1.54, 1.807) is 12.4 Å². The van der Waals surface area contributed by atoms with Gasteiger partial charge < -0.3 is 14.8 Å². The Balaban J connectivity index is 1.57. The predicted octanol–water partition coefficient (Wildman–Crippen LogP) is 3.84. The van der Waals surface area contributed by atoms with E-state index in [0.29, 0.717) is 6.42 Å². The zero-order chi connectivity index (χ0) is 20.1. The first-order valence-electron chi connectivity index (χ1n) is 9.80. The van der Waals surface area contributed by atoms with Crippen LogP contribution >= 0.6 is 0 Å². The SMILES string of the molecule is C[C@@H](C/C=C/c1cnc2c(cnn2C2CCCCO2)n1)NC(=O)OC(C)(C)C. The van der Waals surface area contributed by atoms with Crippen molar-refractivity contribution in [3.8, 4) is 0 Å². The molecule has 8 nitrogen and oxygen atoms in total. The highest BCUT2D eigenvalue weighted by atomic mass is 16.6. The van der Waals surface area contributed by atoms with Crippen LogP contribution in [0.5, 0.6) is 0 Å². The van der Waals surface area contributed by atoms with Crippen LogP contribution in [0, 0.1) is 0 Å². The van der Waals surface area contributed by atoms with Gasteiger partial charge in [-0.25, -0.2) is 19.4 Å². The molecule has 1 aliphatic heterocycles. The van der Waals surface area contributed by atoms with E-state index < -0.39 is 11.7 Å². The van der Waals surface area contributed by atoms with Crippen LogP contribution in [0.15, 0.2) is 18.5 Å². The van der Waals surface area contributed by atoms with E-state index in [1.807, 2.05) is 44.5 Å². The second-order valence-corrected chi connectivity index (χ2v) is 8.10. The molecule has 0 spiro atoms. The number of amides is 1. The number of carbonyl (C=O) groups excluding carboxylic acids is 1. The number of aromatic nitrogens is 4. The number of ether oxygens (including phenoxy) is 2. The molecule has 3 rings (SSSR count). The van der Waals surface area contributed by atoms with Gasteiger partial charge in [-0.15, -0.1) is 0 Å². The third-order valence-electron chi connectivity index (χ3n) is 4.29. The number of hydrogen-bond donors (Lipinski definition) is 1. The van der Waals surface area contributed by atoms with Crippen molar-refractivity contribution in [3.05, 3.63) is 24.2 Å². The van der Waals surface area contributed by atoms with Crippen molar-refractivity contribution in [2.45, 2.75) is 71.2 Å². The molecule has 0 radical (unpaired) electrons. The van der Waals surface area contributed by atoms with Gasteiger partial charge in [-0.05, 0) is 59.5 Å². The molecule has 1 unspecified atom stereocenters. The lowest BCUT2D eigenvalue weighted by atomic mass is 10.2. The lowest BCUT2D eigenvalue weighted by Crippen LogP contribution is -2.37. The van der Waals surface area contributed by atoms with Crippen LogP contribution in [0.1, 0.15) is 65.3 Å². The molecule has 152 valence electrons. The zero-order valence-corrected chi connectivity index (χ0v) is 17.0. The molecule has 1 N–H and O–H groups in total. The van der Waals surface area contributed by atoms with Crippen LogP contribution in [0.3, 0.4) is 0 Å². The minimum absolute atomic E-state index is 0.0472. The van der Waals surface area contributed by atoms with E-state index in [2.05, 4.69) is 20.4 Å². The third-order valence-corrected chi connectivity index (χ3v) is 4.29. The highest BCUT2D eigenvalue weighted by Crippen LogP contribution is 2.24. The number of carbonyl (C=O) groups is 1. The minimum Gasteiger partial charge on any atom is -0.444 e. The topological polar surface area (TPSA) is 91.2 Å². The molecule has 1 fully saturated rings. The van der Waals surface area contributed by atoms with Gasteiger partial charge in [0.25, 0.3) is 0 Å². The van der Waals surface area contributed by atoms with Gasteiger partial charge in [0.05, 0.1) is 18.1 Å². The molecular formula is C20H29N5O3. The van der Waals surface area contributed by atoms with Crippen LogP contribution < -0.4 is 5.32 Å². The molecule has 28 heavy (non-hydrogen) atoms. The first kappa shape index (κ1) is 20.3. The Bertz CT molecular complexity index is 834. The maximum absolute atomic E-state index is 11.8. The summed E-state index contributed by atoms with van der Waals surface area (Å²) in [6.07, 6.45) is 10.7. The number of alkyl carbamates (subject to hydrolysis) is 1. The first-order valence-corrected chi connectivity index (χ1v) is 9.80. The van der Waals surface area contributed by atoms with Gasteiger partial charge in [-0.1, -0.05) is 6.08 Å². The molecule has 2 aromatic heterocycles. The smallest absolute Gasteiger partial charge is 0.407 e. The molecule has 1 aliphatic rings. The summed E-state index contributed by atoms with van der Waals surface area (Å²) in [4.78, 5) is 20.9. The number of fused-ring (bicyclic) bond motifs is 1. The summed E-state index contributed by atoms with van der Waals surface area (Å²) in [5.41, 5.74) is 1.74. The van der Waals surface area contributed by atoms with Crippen LogP contribution in [-0.4, -0.2) is 44.1 Å². The van der Waals surface area contributed by atoms with E-state index >= 15 is 0 Å². The Labute approximate surface area is 165 Å². The van der Waals surface area contributed by atoms with E-state index in [-0.39, 0.29) is 12.3 Å². The summed E-state index contributed by atoms with van der Waals surface area (Å²) in [6.45, 7) is 8.21. The van der Waals surface area contributed by atoms with Crippen molar-refractivity contribution in [1.29, 1.82) is 0 Å². The molecule has 2 aromatic rings. The van der Waals surface area contributed by atoms with Gasteiger partial charge in [-0.3, -0.25) is 0 Å². The molecule has 2 atom stereocenters. The van der Waals surface area contributed by atoms with Gasteiger partial charge in [0.2, 0.25) is 0 Å². The largest absolute Gasteiger partial charge is 0.444 e. The minimum atomic E-state index is -0.502. The van der Waals surface area contributed by atoms with Crippen LogP contribution in [0.25, 0.3) is 17.2 Å². The fourth-order valence-electron chi connectivity index (χ4n) is 3.01. The quantitative estimate of drug-likeness (QED) is 0.838. The normalized spacial score (nSPS) is 19.1. The lowest BCUT2D eigenvalue weighted by Gasteiger charge is -2.22. The summed E-state index contributed by atoms with van der Waals surface area (Å²) in [6, 6.07) is -0.0472. The van der Waals surface area contributed by atoms with Gasteiger partial charge in [0, 0.05) is 12.6 Å². The van der Waals surface area contributed by atoms with Crippen molar-refractivity contribution in [1.82, 2.24) is 25.1 Å². The molecule has 0 aromatic carbocycles. The second kappa shape index (κ2) is 8.68. The van der Waals surface area contributed by atoms with Crippen LogP contribution in [0.4, 0.5) is 4.79 Å². The summed E-state index contributed by atoms with van der Waals surface area (Å²) < 4.78 is 12.9. The molecule has 0 bridgehead atoms. The molecule has 3 heterocycles. The van der Waals surface area contributed by atoms with E-state index in [4.69, 9.17) is 9.47 Å². The summed E-state index contributed by atoms with van der Waals surface area (Å²) in [7, 11) is 0. The molecule has 1 amide bonds. The highest BCUT2D eigenvalue weighted by Gasteiger charge is 2.20. The zero-order valence-electron chi connectivity index (χ0n) is 17.0. The first-order chi connectivity index (χ1) is 13.3. The van der Waals surface area contributed by atoms with Gasteiger partial charge in [-0.2, -0.15) is 5.10 Å². The van der Waals surface area contributed by atoms with Crippen molar-refractivity contribution in [3.63, 3.8) is 0 Å². The third kappa shape index (κ3) is 5.51. The maximum atomic E-state index is 11.8. The van der Waals surface area contributed by atoms with Gasteiger partial charge in [0.15, 0.2) is 11.9 Å². The monoisotopic (exact) mass is 387 g/mol. The predicted molar refractivity (Wildman–Crippen MR) is 107 cm³/mol. The van der Waals surface area contributed by atoms with Crippen molar-refractivity contribution < 1.29 is 14.3 Å². The molecular weight excluding hydrogens is 358 g/mol. The number of rotatable bonds is 5. The Hall–Kier alpha value is -2.48. The lowest BCUT2D eigenvalue weighted by molar-refractivity contribution is -0.0370. The van der Waals surface area contributed by atoms with Gasteiger partial charge >= 0.3 is 6.09 Å². The maximum Gasteiger partial charge on any atom is 0.407 e. The molecule has 0 saturated carbocycles. The van der Waals surface area contributed by atoms with Crippen LogP contribution in [0.2, 0.25) is 0 Å². The van der Waals surface area contributed by atoms with Crippen LogP contribution in [-0.2, 0) is 9.47 Å². The number of nitrogens with one attached hydrogen (secondary N) is 1. The fourth-order valence-corrected chi connectivity index (χ4v) is 3.01. The Morgan fingerprint density at radius 3 is 2.96 bits per heavy atom. The van der Waals surface area contributed by atoms with E-state index in [9.17, 15) is 4.79 Å². The average molecular weight is 387 g/mol. The summed E-state index contributed by atoms with van der Waals surface area (Å²) >= 11 is 0. The highest BCUT2D eigenvalue weighted by molar-refractivity contribution is 5.71. The van der Waals surface area contributed by atoms with Crippen molar-refractivity contribution in [2.75, 3.05) is 6.61 Å². The molecule has 8 heteroatoms. The Kier molecular flexibility index (Phi) is 6.28. The Morgan fingerprint density at radius 2 is 2.25 bits per heavy atom.